The normalized spacial score (nSPS) is 12.7. The molecule has 0 bridgehead atoms. The lowest BCUT2D eigenvalue weighted by atomic mass is 9.95. The first-order valence-corrected chi connectivity index (χ1v) is 11.8. The van der Waals surface area contributed by atoms with Gasteiger partial charge in [-0.25, -0.2) is 4.79 Å². The highest BCUT2D eigenvalue weighted by molar-refractivity contribution is 5.93. The van der Waals surface area contributed by atoms with Gasteiger partial charge in [-0.3, -0.25) is 14.4 Å². The number of alkyl carbamates (subject to hydrolysis) is 1. The van der Waals surface area contributed by atoms with E-state index in [4.69, 9.17) is 4.74 Å². The topological polar surface area (TPSA) is 138 Å². The molecule has 10 nitrogen and oxygen atoms in total. The van der Waals surface area contributed by atoms with Crippen molar-refractivity contribution in [2.75, 3.05) is 20.2 Å². The first-order valence-electron chi connectivity index (χ1n) is 11.8. The molecule has 198 valence electrons. The third kappa shape index (κ3) is 9.56. The molecule has 2 N–H and O–H groups in total. The average molecular weight is 503 g/mol. The second-order valence-electron chi connectivity index (χ2n) is 10.0. The number of amides is 3. The molecular formula is C26H38N4O6. The Hall–Kier alpha value is -3.61. The molecular weight excluding hydrogens is 464 g/mol. The van der Waals surface area contributed by atoms with Crippen molar-refractivity contribution in [3.63, 3.8) is 0 Å². The van der Waals surface area contributed by atoms with Crippen LogP contribution in [-0.2, 0) is 23.9 Å². The monoisotopic (exact) mass is 502 g/mol. The number of carbonyl (C=O) groups excluding carboxylic acids is 4. The van der Waals surface area contributed by atoms with Crippen LogP contribution in [0, 0.1) is 31.1 Å². The van der Waals surface area contributed by atoms with E-state index in [9.17, 15) is 24.4 Å². The van der Waals surface area contributed by atoms with Crippen LogP contribution >= 0.6 is 0 Å². The molecule has 2 unspecified atom stereocenters. The minimum absolute atomic E-state index is 0.00512. The number of hydrogen-bond donors (Lipinski definition) is 2. The molecule has 2 atom stereocenters. The third-order valence-electron chi connectivity index (χ3n) is 5.13. The molecule has 1 rings (SSSR count). The van der Waals surface area contributed by atoms with E-state index in [2.05, 4.69) is 15.4 Å². The van der Waals surface area contributed by atoms with Crippen molar-refractivity contribution in [3.05, 3.63) is 34.9 Å². The van der Waals surface area contributed by atoms with E-state index in [0.717, 1.165) is 16.0 Å². The summed E-state index contributed by atoms with van der Waals surface area (Å²) in [5.41, 5.74) is 1.39. The van der Waals surface area contributed by atoms with Crippen molar-refractivity contribution in [1.82, 2.24) is 15.5 Å². The Kier molecular flexibility index (Phi) is 11.4. The van der Waals surface area contributed by atoms with Gasteiger partial charge in [0, 0.05) is 0 Å². The van der Waals surface area contributed by atoms with Crippen molar-refractivity contribution >= 4 is 23.9 Å². The number of nitriles is 1. The highest BCUT2D eigenvalue weighted by Gasteiger charge is 2.37. The van der Waals surface area contributed by atoms with Crippen LogP contribution in [0.4, 0.5) is 4.79 Å². The van der Waals surface area contributed by atoms with Crippen LogP contribution in [0.15, 0.2) is 18.2 Å². The quantitative estimate of drug-likeness (QED) is 0.371. The number of rotatable bonds is 10. The van der Waals surface area contributed by atoms with E-state index in [0.29, 0.717) is 5.56 Å². The molecule has 0 aliphatic carbocycles. The number of methoxy groups -OCH3 is 1. The van der Waals surface area contributed by atoms with E-state index in [-0.39, 0.29) is 12.3 Å². The summed E-state index contributed by atoms with van der Waals surface area (Å²) in [4.78, 5) is 52.4. The summed E-state index contributed by atoms with van der Waals surface area (Å²) in [5, 5.41) is 14.7. The van der Waals surface area contributed by atoms with E-state index in [1.807, 2.05) is 32.9 Å². The van der Waals surface area contributed by atoms with Crippen LogP contribution in [0.2, 0.25) is 0 Å². The summed E-state index contributed by atoms with van der Waals surface area (Å²) in [6.07, 6.45) is -0.528. The Labute approximate surface area is 213 Å². The van der Waals surface area contributed by atoms with Gasteiger partial charge in [-0.2, -0.15) is 5.26 Å². The zero-order valence-corrected chi connectivity index (χ0v) is 22.4. The SMILES string of the molecule is COC(=O)CNC(=O)C(c1ccc(C)cc1C)N(CC#N)C(=O)C(CC(C)C)NC(=O)OC(C)(C)C. The molecule has 0 radical (unpaired) electrons. The van der Waals surface area contributed by atoms with Crippen LogP contribution in [0.1, 0.15) is 63.8 Å². The minimum Gasteiger partial charge on any atom is -0.468 e. The summed E-state index contributed by atoms with van der Waals surface area (Å²) in [5.74, 6) is -1.93. The molecule has 3 amide bonds. The van der Waals surface area contributed by atoms with Gasteiger partial charge in [0.05, 0.1) is 13.2 Å². The molecule has 0 aromatic heterocycles. The molecule has 0 aliphatic heterocycles. The minimum atomic E-state index is -1.22. The maximum atomic E-state index is 13.8. The van der Waals surface area contributed by atoms with Crippen molar-refractivity contribution in [1.29, 1.82) is 5.26 Å². The predicted octanol–water partition coefficient (Wildman–Crippen LogP) is 2.93. The largest absolute Gasteiger partial charge is 0.468 e. The first kappa shape index (κ1) is 30.4. The van der Waals surface area contributed by atoms with E-state index in [1.54, 1.807) is 39.8 Å². The van der Waals surface area contributed by atoms with Crippen molar-refractivity contribution in [2.45, 2.75) is 72.6 Å². The Morgan fingerprint density at radius 1 is 1.14 bits per heavy atom. The fourth-order valence-corrected chi connectivity index (χ4v) is 3.63. The predicted molar refractivity (Wildman–Crippen MR) is 134 cm³/mol. The van der Waals surface area contributed by atoms with Crippen molar-refractivity contribution < 1.29 is 28.7 Å². The zero-order valence-electron chi connectivity index (χ0n) is 22.4. The van der Waals surface area contributed by atoms with Gasteiger partial charge in [-0.05, 0) is 58.1 Å². The van der Waals surface area contributed by atoms with Gasteiger partial charge in [-0.1, -0.05) is 37.6 Å². The van der Waals surface area contributed by atoms with E-state index >= 15 is 0 Å². The molecule has 36 heavy (non-hydrogen) atoms. The second-order valence-corrected chi connectivity index (χ2v) is 10.0. The van der Waals surface area contributed by atoms with Gasteiger partial charge >= 0.3 is 12.1 Å². The number of carbonyl (C=O) groups is 4. The van der Waals surface area contributed by atoms with E-state index in [1.165, 1.54) is 7.11 Å². The maximum Gasteiger partial charge on any atom is 0.408 e. The molecule has 0 heterocycles. The summed E-state index contributed by atoms with van der Waals surface area (Å²) < 4.78 is 9.92. The number of nitrogens with zero attached hydrogens (tertiary/aromatic N) is 2. The lowest BCUT2D eigenvalue weighted by molar-refractivity contribution is -0.144. The lowest BCUT2D eigenvalue weighted by Crippen LogP contribution is -2.53. The summed E-state index contributed by atoms with van der Waals surface area (Å²) in [6.45, 7) is 11.7. The fourth-order valence-electron chi connectivity index (χ4n) is 3.63. The average Bonchev–Trinajstić information content (AvgIpc) is 2.75. The summed E-state index contributed by atoms with van der Waals surface area (Å²) >= 11 is 0. The lowest BCUT2D eigenvalue weighted by Gasteiger charge is -2.34. The van der Waals surface area contributed by atoms with Gasteiger partial charge in [0.15, 0.2) is 0 Å². The Bertz CT molecular complexity index is 993. The number of hydrogen-bond acceptors (Lipinski definition) is 7. The van der Waals surface area contributed by atoms with Gasteiger partial charge in [0.1, 0.15) is 30.8 Å². The smallest absolute Gasteiger partial charge is 0.408 e. The molecule has 0 fully saturated rings. The summed E-state index contributed by atoms with van der Waals surface area (Å²) in [7, 11) is 1.19. The number of esters is 1. The number of nitrogens with one attached hydrogen (secondary N) is 2. The molecule has 1 aromatic carbocycles. The molecule has 10 heteroatoms. The Balaban J connectivity index is 3.50. The first-order chi connectivity index (χ1) is 16.7. The van der Waals surface area contributed by atoms with E-state index < -0.39 is 54.7 Å². The maximum absolute atomic E-state index is 13.8. The molecule has 0 aliphatic rings. The summed E-state index contributed by atoms with van der Waals surface area (Å²) in [6, 6.07) is 5.04. The van der Waals surface area contributed by atoms with Crippen LogP contribution in [0.25, 0.3) is 0 Å². The molecule has 1 aromatic rings. The highest BCUT2D eigenvalue weighted by Crippen LogP contribution is 2.27. The highest BCUT2D eigenvalue weighted by atomic mass is 16.6. The molecule has 0 spiro atoms. The van der Waals surface area contributed by atoms with Gasteiger partial charge in [0.25, 0.3) is 0 Å². The third-order valence-corrected chi connectivity index (χ3v) is 5.13. The number of ether oxygens (including phenoxy) is 2. The Morgan fingerprint density at radius 3 is 2.28 bits per heavy atom. The second kappa shape index (κ2) is 13.5. The molecule has 0 saturated carbocycles. The van der Waals surface area contributed by atoms with Crippen LogP contribution in [-0.4, -0.2) is 60.6 Å². The standard InChI is InChI=1S/C26H38N4O6/c1-16(2)13-20(29-25(34)36-26(5,6)7)24(33)30(12-11-27)22(23(32)28-15-21(31)35-8)19-10-9-17(3)14-18(19)4/h9-10,14,16,20,22H,12-13,15H2,1-8H3,(H,28,32)(H,29,34). The van der Waals surface area contributed by atoms with Gasteiger partial charge < -0.3 is 25.0 Å². The van der Waals surface area contributed by atoms with Crippen LogP contribution < -0.4 is 10.6 Å². The van der Waals surface area contributed by atoms with Crippen LogP contribution in [0.3, 0.4) is 0 Å². The fraction of sp³-hybridized carbons (Fsp3) is 0.577. The number of aryl methyl sites for hydroxylation is 2. The van der Waals surface area contributed by atoms with Crippen molar-refractivity contribution in [2.24, 2.45) is 5.92 Å². The van der Waals surface area contributed by atoms with Gasteiger partial charge in [-0.15, -0.1) is 0 Å². The van der Waals surface area contributed by atoms with Crippen LogP contribution in [0.5, 0.6) is 0 Å². The molecule has 0 saturated heterocycles. The number of benzene rings is 1. The van der Waals surface area contributed by atoms with Gasteiger partial charge in [0.2, 0.25) is 11.8 Å². The van der Waals surface area contributed by atoms with Crippen molar-refractivity contribution in [3.8, 4) is 6.07 Å². The zero-order chi connectivity index (χ0) is 27.6. The Morgan fingerprint density at radius 2 is 1.78 bits per heavy atom.